The Morgan fingerprint density at radius 3 is 2.76 bits per heavy atom. The number of ether oxygens (including phenoxy) is 1. The summed E-state index contributed by atoms with van der Waals surface area (Å²) in [5.74, 6) is 2.08. The molecule has 0 fully saturated rings. The molecule has 0 spiro atoms. The van der Waals surface area contributed by atoms with Gasteiger partial charge >= 0.3 is 0 Å². The van der Waals surface area contributed by atoms with Crippen LogP contribution >= 0.6 is 11.8 Å². The molecule has 1 aromatic rings. The van der Waals surface area contributed by atoms with Gasteiger partial charge in [0.1, 0.15) is 5.75 Å². The largest absolute Gasteiger partial charge is 0.497 e. The molecule has 17 heavy (non-hydrogen) atoms. The predicted molar refractivity (Wildman–Crippen MR) is 77.0 cm³/mol. The first-order valence-corrected chi connectivity index (χ1v) is 7.49. The Kier molecular flexibility index (Phi) is 6.45. The summed E-state index contributed by atoms with van der Waals surface area (Å²) in [6.45, 7) is 4.43. The van der Waals surface area contributed by atoms with Crippen LogP contribution in [-0.2, 0) is 0 Å². The third-order valence-electron chi connectivity index (χ3n) is 2.94. The van der Waals surface area contributed by atoms with Crippen molar-refractivity contribution in [2.24, 2.45) is 0 Å². The van der Waals surface area contributed by atoms with Gasteiger partial charge < -0.3 is 10.1 Å². The minimum atomic E-state index is 0.363. The van der Waals surface area contributed by atoms with E-state index in [0.717, 1.165) is 17.9 Å². The van der Waals surface area contributed by atoms with Crippen LogP contribution in [0.2, 0.25) is 0 Å². The molecule has 0 aliphatic carbocycles. The van der Waals surface area contributed by atoms with Crippen LogP contribution < -0.4 is 10.1 Å². The topological polar surface area (TPSA) is 21.3 Å². The molecule has 2 unspecified atom stereocenters. The van der Waals surface area contributed by atoms with E-state index in [2.05, 4.69) is 37.6 Å². The Bertz CT molecular complexity index is 330. The number of benzene rings is 1. The van der Waals surface area contributed by atoms with E-state index in [9.17, 15) is 0 Å². The van der Waals surface area contributed by atoms with Crippen molar-refractivity contribution in [1.29, 1.82) is 0 Å². The Hall–Kier alpha value is -0.670. The number of hydrogen-bond donors (Lipinski definition) is 1. The molecule has 0 saturated carbocycles. The van der Waals surface area contributed by atoms with Crippen LogP contribution in [0.15, 0.2) is 24.3 Å². The van der Waals surface area contributed by atoms with Gasteiger partial charge in [-0.1, -0.05) is 19.1 Å². The maximum Gasteiger partial charge on any atom is 0.119 e. The van der Waals surface area contributed by atoms with Gasteiger partial charge in [-0.25, -0.2) is 0 Å². The summed E-state index contributed by atoms with van der Waals surface area (Å²) in [5.41, 5.74) is 1.28. The maximum atomic E-state index is 5.25. The fourth-order valence-electron chi connectivity index (χ4n) is 1.85. The highest BCUT2D eigenvalue weighted by atomic mass is 32.2. The first-order valence-electron chi connectivity index (χ1n) is 6.10. The lowest BCUT2D eigenvalue weighted by Crippen LogP contribution is -2.32. The second-order valence-corrected chi connectivity index (χ2v) is 5.14. The Labute approximate surface area is 109 Å². The minimum Gasteiger partial charge on any atom is -0.497 e. The normalized spacial score (nSPS) is 14.4. The Balaban J connectivity index is 2.64. The number of rotatable bonds is 7. The van der Waals surface area contributed by atoms with Gasteiger partial charge in [0.25, 0.3) is 0 Å². The first kappa shape index (κ1) is 14.4. The number of hydrogen-bond acceptors (Lipinski definition) is 3. The van der Waals surface area contributed by atoms with Crippen LogP contribution in [0.3, 0.4) is 0 Å². The predicted octanol–water partition coefficient (Wildman–Crippen LogP) is 3.49. The van der Waals surface area contributed by atoms with Crippen LogP contribution in [0.1, 0.15) is 31.9 Å². The highest BCUT2D eigenvalue weighted by Gasteiger charge is 2.11. The quantitative estimate of drug-likeness (QED) is 0.804. The molecule has 96 valence electrons. The highest BCUT2D eigenvalue weighted by molar-refractivity contribution is 7.98. The summed E-state index contributed by atoms with van der Waals surface area (Å²) < 4.78 is 5.25. The van der Waals surface area contributed by atoms with Crippen molar-refractivity contribution in [3.05, 3.63) is 29.8 Å². The van der Waals surface area contributed by atoms with E-state index in [1.807, 2.05) is 23.9 Å². The van der Waals surface area contributed by atoms with Crippen LogP contribution in [0, 0.1) is 0 Å². The molecular weight excluding hydrogens is 230 g/mol. The molecule has 0 aliphatic heterocycles. The summed E-state index contributed by atoms with van der Waals surface area (Å²) in [7, 11) is 1.71. The molecule has 0 amide bonds. The van der Waals surface area contributed by atoms with Gasteiger partial charge in [-0.2, -0.15) is 11.8 Å². The van der Waals surface area contributed by atoms with E-state index in [1.54, 1.807) is 7.11 Å². The lowest BCUT2D eigenvalue weighted by atomic mass is 10.1. The molecular formula is C14H23NOS. The van der Waals surface area contributed by atoms with E-state index in [0.29, 0.717) is 12.1 Å². The number of thioether (sulfide) groups is 1. The number of nitrogens with one attached hydrogen (secondary N) is 1. The molecule has 3 heteroatoms. The first-order chi connectivity index (χ1) is 8.21. The molecule has 2 atom stereocenters. The monoisotopic (exact) mass is 253 g/mol. The average molecular weight is 253 g/mol. The van der Waals surface area contributed by atoms with Crippen molar-refractivity contribution < 1.29 is 4.74 Å². The second kappa shape index (κ2) is 7.62. The Morgan fingerprint density at radius 1 is 1.41 bits per heavy atom. The van der Waals surface area contributed by atoms with E-state index < -0.39 is 0 Å². The molecule has 1 rings (SSSR count). The smallest absolute Gasteiger partial charge is 0.119 e. The highest BCUT2D eigenvalue weighted by Crippen LogP contribution is 2.19. The molecule has 0 aliphatic rings. The van der Waals surface area contributed by atoms with Crippen LogP contribution in [0.25, 0.3) is 0 Å². The molecule has 0 radical (unpaired) electrons. The van der Waals surface area contributed by atoms with Crippen LogP contribution in [0.5, 0.6) is 5.75 Å². The SMILES string of the molecule is CCC(CSC)NC(C)c1cccc(OC)c1. The summed E-state index contributed by atoms with van der Waals surface area (Å²) in [6, 6.07) is 9.21. The van der Waals surface area contributed by atoms with Gasteiger partial charge in [0, 0.05) is 17.8 Å². The third kappa shape index (κ3) is 4.60. The maximum absolute atomic E-state index is 5.25. The van der Waals surface area contributed by atoms with Crippen LogP contribution in [-0.4, -0.2) is 25.2 Å². The minimum absolute atomic E-state index is 0.363. The van der Waals surface area contributed by atoms with Crippen molar-refractivity contribution in [1.82, 2.24) is 5.32 Å². The summed E-state index contributed by atoms with van der Waals surface area (Å²) in [4.78, 5) is 0. The zero-order chi connectivity index (χ0) is 12.7. The van der Waals surface area contributed by atoms with Gasteiger partial charge in [-0.05, 0) is 37.3 Å². The molecule has 1 aromatic carbocycles. The zero-order valence-corrected chi connectivity index (χ0v) is 12.0. The number of methoxy groups -OCH3 is 1. The van der Waals surface area contributed by atoms with Gasteiger partial charge in [-0.15, -0.1) is 0 Å². The van der Waals surface area contributed by atoms with Crippen molar-refractivity contribution >= 4 is 11.8 Å². The van der Waals surface area contributed by atoms with Crippen LogP contribution in [0.4, 0.5) is 0 Å². The summed E-state index contributed by atoms with van der Waals surface area (Å²) in [5, 5.41) is 3.66. The van der Waals surface area contributed by atoms with E-state index in [4.69, 9.17) is 4.74 Å². The lowest BCUT2D eigenvalue weighted by Gasteiger charge is -2.22. The van der Waals surface area contributed by atoms with Gasteiger partial charge in [0.05, 0.1) is 7.11 Å². The summed E-state index contributed by atoms with van der Waals surface area (Å²) in [6.07, 6.45) is 3.32. The van der Waals surface area contributed by atoms with E-state index in [-0.39, 0.29) is 0 Å². The lowest BCUT2D eigenvalue weighted by molar-refractivity contribution is 0.412. The van der Waals surface area contributed by atoms with Gasteiger partial charge in [0.2, 0.25) is 0 Å². The fraction of sp³-hybridized carbons (Fsp3) is 0.571. The van der Waals surface area contributed by atoms with E-state index >= 15 is 0 Å². The van der Waals surface area contributed by atoms with Gasteiger partial charge in [0.15, 0.2) is 0 Å². The molecule has 1 N–H and O–H groups in total. The molecule has 2 nitrogen and oxygen atoms in total. The average Bonchev–Trinajstić information content (AvgIpc) is 2.38. The molecule has 0 saturated heterocycles. The Morgan fingerprint density at radius 2 is 2.18 bits per heavy atom. The zero-order valence-electron chi connectivity index (χ0n) is 11.2. The molecule has 0 bridgehead atoms. The van der Waals surface area contributed by atoms with Crippen molar-refractivity contribution in [3.8, 4) is 5.75 Å². The van der Waals surface area contributed by atoms with Crippen molar-refractivity contribution in [3.63, 3.8) is 0 Å². The summed E-state index contributed by atoms with van der Waals surface area (Å²) >= 11 is 1.89. The standard InChI is InChI=1S/C14H23NOS/c1-5-13(10-17-4)15-11(2)12-7-6-8-14(9-12)16-3/h6-9,11,13,15H,5,10H2,1-4H3. The van der Waals surface area contributed by atoms with Crippen molar-refractivity contribution in [2.45, 2.75) is 32.4 Å². The van der Waals surface area contributed by atoms with E-state index in [1.165, 1.54) is 5.56 Å². The van der Waals surface area contributed by atoms with Crippen molar-refractivity contribution in [2.75, 3.05) is 19.1 Å². The fourth-order valence-corrected chi connectivity index (χ4v) is 2.58. The van der Waals surface area contributed by atoms with Gasteiger partial charge in [-0.3, -0.25) is 0 Å². The molecule has 0 aromatic heterocycles. The second-order valence-electron chi connectivity index (χ2n) is 4.23. The molecule has 0 heterocycles. The third-order valence-corrected chi connectivity index (χ3v) is 3.68.